The zero-order valence-electron chi connectivity index (χ0n) is 28.2. The van der Waals surface area contributed by atoms with E-state index in [4.69, 9.17) is 49.0 Å². The first-order valence-corrected chi connectivity index (χ1v) is 17.9. The van der Waals surface area contributed by atoms with Crippen LogP contribution in [-0.2, 0) is 24.4 Å². The molecule has 7 nitrogen and oxygen atoms in total. The Morgan fingerprint density at radius 3 is 2.29 bits per heavy atom. The third-order valence-corrected chi connectivity index (χ3v) is 9.50. The van der Waals surface area contributed by atoms with Crippen molar-refractivity contribution < 1.29 is 19.0 Å². The molecule has 0 atom stereocenters. The number of piperazine rings is 1. The van der Waals surface area contributed by atoms with Crippen LogP contribution in [0.4, 0.5) is 0 Å². The molecule has 0 unspecified atom stereocenters. The van der Waals surface area contributed by atoms with Gasteiger partial charge in [-0.25, -0.2) is 4.98 Å². The van der Waals surface area contributed by atoms with E-state index >= 15 is 0 Å². The lowest BCUT2D eigenvalue weighted by Crippen LogP contribution is -2.45. The highest BCUT2D eigenvalue weighted by Gasteiger charge is 2.22. The molecule has 5 aromatic rings. The van der Waals surface area contributed by atoms with Gasteiger partial charge in [-0.05, 0) is 71.6 Å². The first-order valence-electron chi connectivity index (χ1n) is 16.7. The Hall–Kier alpha value is -4.53. The molecular formula is C41H38Cl3N3O4. The molecular weight excluding hydrogens is 705 g/mol. The predicted octanol–water partition coefficient (Wildman–Crippen LogP) is 9.70. The number of nitrogens with zero attached hydrogens (tertiary/aromatic N) is 3. The van der Waals surface area contributed by atoms with Crippen molar-refractivity contribution >= 4 is 46.8 Å². The van der Waals surface area contributed by atoms with E-state index < -0.39 is 0 Å². The lowest BCUT2D eigenvalue weighted by Gasteiger charge is -2.37. The minimum atomic E-state index is 0.331. The second kappa shape index (κ2) is 17.6. The number of rotatable bonds is 14. The molecule has 0 bridgehead atoms. The summed E-state index contributed by atoms with van der Waals surface area (Å²) in [7, 11) is 0. The van der Waals surface area contributed by atoms with E-state index in [2.05, 4.69) is 39.0 Å². The summed E-state index contributed by atoms with van der Waals surface area (Å²) >= 11 is 19.1. The van der Waals surface area contributed by atoms with Crippen molar-refractivity contribution in [2.24, 2.45) is 0 Å². The fourth-order valence-corrected chi connectivity index (χ4v) is 6.59. The fraction of sp³-hybridized carbons (Fsp3) is 0.220. The Labute approximate surface area is 313 Å². The van der Waals surface area contributed by atoms with E-state index in [1.54, 1.807) is 24.4 Å². The van der Waals surface area contributed by atoms with Gasteiger partial charge < -0.3 is 19.1 Å². The summed E-state index contributed by atoms with van der Waals surface area (Å²) in [6.45, 7) is 7.00. The molecule has 10 heteroatoms. The second-order valence-electron chi connectivity index (χ2n) is 12.2. The maximum absolute atomic E-state index is 11.8. The Morgan fingerprint density at radius 1 is 0.804 bits per heavy atom. The lowest BCUT2D eigenvalue weighted by atomic mass is 10.1. The van der Waals surface area contributed by atoms with Gasteiger partial charge in [0.15, 0.2) is 5.75 Å². The summed E-state index contributed by atoms with van der Waals surface area (Å²) in [5.74, 6) is 2.26. The normalized spacial score (nSPS) is 13.6. The molecule has 0 N–H and O–H groups in total. The molecule has 0 saturated carbocycles. The van der Waals surface area contributed by atoms with Crippen LogP contribution in [0, 0.1) is 6.92 Å². The van der Waals surface area contributed by atoms with Gasteiger partial charge in [0.1, 0.15) is 24.4 Å². The molecule has 1 saturated heterocycles. The van der Waals surface area contributed by atoms with Crippen molar-refractivity contribution in [1.29, 1.82) is 0 Å². The van der Waals surface area contributed by atoms with Crippen LogP contribution in [0.1, 0.15) is 27.8 Å². The van der Waals surface area contributed by atoms with E-state index in [1.165, 1.54) is 11.1 Å². The van der Waals surface area contributed by atoms with Crippen molar-refractivity contribution in [2.45, 2.75) is 26.5 Å². The summed E-state index contributed by atoms with van der Waals surface area (Å²) in [4.78, 5) is 20.8. The standard InChI is InChI=1S/C41H38Cl3N3O4/c1-29-23-33(24-38(44)41(29)51-40-14-13-36(26-45-40)50-28-32-5-2-3-8-37(32)43)39(15-21-48)47-19-17-46(18-20-47)27-31-11-9-30(10-12-31)16-22-49-35-7-4-6-34(42)25-35/h2-15,21,23-26H,16-20,22,27-28H2,1H3. The van der Waals surface area contributed by atoms with E-state index in [-0.39, 0.29) is 0 Å². The van der Waals surface area contributed by atoms with E-state index in [0.717, 1.165) is 73.6 Å². The van der Waals surface area contributed by atoms with Crippen molar-refractivity contribution in [3.8, 4) is 23.1 Å². The van der Waals surface area contributed by atoms with Gasteiger partial charge in [-0.3, -0.25) is 9.69 Å². The molecule has 1 fully saturated rings. The Bertz CT molecular complexity index is 1940. The van der Waals surface area contributed by atoms with Gasteiger partial charge in [-0.1, -0.05) is 83.3 Å². The third kappa shape index (κ3) is 10.0. The van der Waals surface area contributed by atoms with Gasteiger partial charge in [0, 0.05) is 72.6 Å². The molecule has 2 heterocycles. The number of hydrogen-bond acceptors (Lipinski definition) is 7. The number of ether oxygens (including phenoxy) is 3. The highest BCUT2D eigenvalue weighted by atomic mass is 35.5. The molecule has 1 aliphatic heterocycles. The molecule has 51 heavy (non-hydrogen) atoms. The highest BCUT2D eigenvalue weighted by molar-refractivity contribution is 6.32. The van der Waals surface area contributed by atoms with Gasteiger partial charge in [-0.2, -0.15) is 0 Å². The molecule has 0 spiro atoms. The highest BCUT2D eigenvalue weighted by Crippen LogP contribution is 2.36. The van der Waals surface area contributed by atoms with E-state index in [0.29, 0.717) is 45.7 Å². The first kappa shape index (κ1) is 36.3. The van der Waals surface area contributed by atoms with Crippen molar-refractivity contribution in [2.75, 3.05) is 32.8 Å². The second-order valence-corrected chi connectivity index (χ2v) is 13.5. The zero-order chi connectivity index (χ0) is 35.6. The van der Waals surface area contributed by atoms with Gasteiger partial charge in [0.2, 0.25) is 5.88 Å². The van der Waals surface area contributed by atoms with Crippen LogP contribution >= 0.6 is 34.8 Å². The maximum Gasteiger partial charge on any atom is 0.219 e. The number of carbonyl (C=O) groups is 1. The van der Waals surface area contributed by atoms with Crippen molar-refractivity contribution in [3.05, 3.63) is 152 Å². The Morgan fingerprint density at radius 2 is 1.59 bits per heavy atom. The number of aromatic nitrogens is 1. The molecule has 0 radical (unpaired) electrons. The minimum Gasteiger partial charge on any atom is -0.493 e. The smallest absolute Gasteiger partial charge is 0.219 e. The molecule has 262 valence electrons. The summed E-state index contributed by atoms with van der Waals surface area (Å²) < 4.78 is 17.8. The van der Waals surface area contributed by atoms with Crippen LogP contribution in [0.15, 0.2) is 109 Å². The number of pyridine rings is 1. The summed E-state index contributed by atoms with van der Waals surface area (Å²) in [6.07, 6.45) is 4.86. The van der Waals surface area contributed by atoms with Crippen molar-refractivity contribution in [1.82, 2.24) is 14.8 Å². The number of halogens is 3. The van der Waals surface area contributed by atoms with Gasteiger partial charge in [0.05, 0.1) is 17.8 Å². The molecule has 6 rings (SSSR count). The van der Waals surface area contributed by atoms with Crippen LogP contribution < -0.4 is 14.2 Å². The monoisotopic (exact) mass is 741 g/mol. The molecule has 1 aromatic heterocycles. The maximum atomic E-state index is 11.8. The van der Waals surface area contributed by atoms with E-state index in [1.807, 2.05) is 67.6 Å². The average Bonchev–Trinajstić information content (AvgIpc) is 3.13. The largest absolute Gasteiger partial charge is 0.493 e. The summed E-state index contributed by atoms with van der Waals surface area (Å²) in [5, 5.41) is 1.75. The number of carbonyl (C=O) groups excluding carboxylic acids is 1. The van der Waals surface area contributed by atoms with Crippen LogP contribution in [0.3, 0.4) is 0 Å². The number of hydrogen-bond donors (Lipinski definition) is 0. The SMILES string of the molecule is Cc1cc(C(=CC=O)N2CCN(Cc3ccc(CCOc4cccc(Cl)c4)cc3)CC2)cc(Cl)c1Oc1ccc(OCc2ccccc2Cl)cn1. The third-order valence-electron chi connectivity index (χ3n) is 8.62. The Balaban J connectivity index is 1.01. The van der Waals surface area contributed by atoms with Crippen LogP contribution in [0.2, 0.25) is 15.1 Å². The fourth-order valence-electron chi connectivity index (χ4n) is 5.91. The molecule has 0 amide bonds. The van der Waals surface area contributed by atoms with Crippen LogP contribution in [0.25, 0.3) is 5.70 Å². The zero-order valence-corrected chi connectivity index (χ0v) is 30.5. The van der Waals surface area contributed by atoms with Gasteiger partial charge in [0.25, 0.3) is 0 Å². The number of allylic oxidation sites excluding steroid dienone is 1. The summed E-state index contributed by atoms with van der Waals surface area (Å²) in [6, 6.07) is 31.1. The number of benzene rings is 4. The number of aryl methyl sites for hydroxylation is 1. The number of aldehydes is 1. The Kier molecular flexibility index (Phi) is 12.5. The average molecular weight is 743 g/mol. The minimum absolute atomic E-state index is 0.331. The predicted molar refractivity (Wildman–Crippen MR) is 204 cm³/mol. The van der Waals surface area contributed by atoms with Crippen LogP contribution in [-0.4, -0.2) is 53.9 Å². The van der Waals surface area contributed by atoms with Crippen LogP contribution in [0.5, 0.6) is 23.1 Å². The van der Waals surface area contributed by atoms with Gasteiger partial charge in [-0.15, -0.1) is 0 Å². The summed E-state index contributed by atoms with van der Waals surface area (Å²) in [5.41, 5.74) is 5.90. The molecule has 4 aromatic carbocycles. The topological polar surface area (TPSA) is 64.1 Å². The molecule has 0 aliphatic carbocycles. The van der Waals surface area contributed by atoms with Gasteiger partial charge >= 0.3 is 0 Å². The van der Waals surface area contributed by atoms with Crippen molar-refractivity contribution in [3.63, 3.8) is 0 Å². The molecule has 1 aliphatic rings. The quantitative estimate of drug-likeness (QED) is 0.0830. The first-order chi connectivity index (χ1) is 24.8. The van der Waals surface area contributed by atoms with E-state index in [9.17, 15) is 4.79 Å². The lowest BCUT2D eigenvalue weighted by molar-refractivity contribution is -0.104.